The summed E-state index contributed by atoms with van der Waals surface area (Å²) in [6, 6.07) is 0. The van der Waals surface area contributed by atoms with E-state index in [1.165, 1.54) is 58.3 Å². The van der Waals surface area contributed by atoms with E-state index >= 15 is 0 Å². The molecule has 4 heteroatoms. The van der Waals surface area contributed by atoms with E-state index in [1.54, 1.807) is 0 Å². The lowest BCUT2D eigenvalue weighted by Gasteiger charge is -2.34. The van der Waals surface area contributed by atoms with Crippen molar-refractivity contribution in [1.29, 1.82) is 0 Å². The quantitative estimate of drug-likeness (QED) is 0.534. The Hall–Kier alpha value is -0.160. The van der Waals surface area contributed by atoms with Gasteiger partial charge in [-0.3, -0.25) is 4.90 Å². The van der Waals surface area contributed by atoms with Crippen molar-refractivity contribution in [2.75, 3.05) is 59.0 Å². The zero-order valence-electron chi connectivity index (χ0n) is 13.4. The minimum absolute atomic E-state index is 0.322. The molecule has 0 spiro atoms. The summed E-state index contributed by atoms with van der Waals surface area (Å²) < 4.78 is 0. The molecular formula is C16H35N3O. The Kier molecular flexibility index (Phi) is 11.2. The number of piperazine rings is 1. The molecule has 1 heterocycles. The predicted octanol–water partition coefficient (Wildman–Crippen LogP) is 1.55. The summed E-state index contributed by atoms with van der Waals surface area (Å²) in [6.45, 7) is 11.8. The molecule has 0 aromatic rings. The number of aliphatic hydroxyl groups is 1. The van der Waals surface area contributed by atoms with Gasteiger partial charge in [-0.2, -0.15) is 0 Å². The first-order valence-electron chi connectivity index (χ1n) is 8.63. The van der Waals surface area contributed by atoms with E-state index in [-0.39, 0.29) is 0 Å². The van der Waals surface area contributed by atoms with Gasteiger partial charge in [-0.25, -0.2) is 0 Å². The molecule has 0 amide bonds. The van der Waals surface area contributed by atoms with Crippen molar-refractivity contribution in [3.05, 3.63) is 0 Å². The van der Waals surface area contributed by atoms with Crippen LogP contribution in [0.2, 0.25) is 0 Å². The van der Waals surface area contributed by atoms with Gasteiger partial charge in [-0.1, -0.05) is 32.6 Å². The van der Waals surface area contributed by atoms with Crippen molar-refractivity contribution < 1.29 is 5.11 Å². The van der Waals surface area contributed by atoms with E-state index in [1.807, 2.05) is 0 Å². The van der Waals surface area contributed by atoms with Crippen LogP contribution in [0.15, 0.2) is 0 Å². The highest BCUT2D eigenvalue weighted by molar-refractivity contribution is 4.72. The lowest BCUT2D eigenvalue weighted by Crippen LogP contribution is -2.48. The van der Waals surface area contributed by atoms with E-state index in [2.05, 4.69) is 22.0 Å². The number of hydrogen-bond acceptors (Lipinski definition) is 4. The van der Waals surface area contributed by atoms with Gasteiger partial charge in [0.1, 0.15) is 0 Å². The fraction of sp³-hybridized carbons (Fsp3) is 1.00. The topological polar surface area (TPSA) is 38.7 Å². The maximum absolute atomic E-state index is 8.84. The average Bonchev–Trinajstić information content (AvgIpc) is 2.49. The summed E-state index contributed by atoms with van der Waals surface area (Å²) in [6.07, 6.45) is 7.74. The normalized spacial score (nSPS) is 17.7. The van der Waals surface area contributed by atoms with Crippen LogP contribution in [0, 0.1) is 0 Å². The summed E-state index contributed by atoms with van der Waals surface area (Å²) in [7, 11) is 0. The molecule has 0 aromatic heterocycles. The first kappa shape index (κ1) is 17.9. The molecule has 0 atom stereocenters. The molecule has 1 rings (SSSR count). The van der Waals surface area contributed by atoms with Crippen molar-refractivity contribution in [3.8, 4) is 0 Å². The van der Waals surface area contributed by atoms with Crippen molar-refractivity contribution >= 4 is 0 Å². The fourth-order valence-electron chi connectivity index (χ4n) is 2.75. The second-order valence-corrected chi connectivity index (χ2v) is 5.92. The van der Waals surface area contributed by atoms with Crippen LogP contribution in [-0.4, -0.2) is 73.9 Å². The molecule has 20 heavy (non-hydrogen) atoms. The van der Waals surface area contributed by atoms with Crippen molar-refractivity contribution in [2.45, 2.75) is 45.4 Å². The zero-order valence-corrected chi connectivity index (χ0v) is 13.4. The molecule has 2 N–H and O–H groups in total. The van der Waals surface area contributed by atoms with Gasteiger partial charge in [0.25, 0.3) is 0 Å². The second kappa shape index (κ2) is 12.6. The SMILES string of the molecule is CCCCCCCNCCN1CCN(CCCO)CC1. The Labute approximate surface area is 125 Å². The third kappa shape index (κ3) is 8.90. The van der Waals surface area contributed by atoms with Gasteiger partial charge < -0.3 is 15.3 Å². The Balaban J connectivity index is 1.86. The fourth-order valence-corrected chi connectivity index (χ4v) is 2.75. The van der Waals surface area contributed by atoms with E-state index in [9.17, 15) is 0 Å². The van der Waals surface area contributed by atoms with E-state index in [4.69, 9.17) is 5.11 Å². The largest absolute Gasteiger partial charge is 0.396 e. The van der Waals surface area contributed by atoms with Gasteiger partial charge in [-0.05, 0) is 19.4 Å². The average molecular weight is 285 g/mol. The first-order chi connectivity index (χ1) is 9.86. The van der Waals surface area contributed by atoms with Crippen LogP contribution in [0.1, 0.15) is 45.4 Å². The molecule has 0 radical (unpaired) electrons. The summed E-state index contributed by atoms with van der Waals surface area (Å²) in [5, 5.41) is 12.4. The molecular weight excluding hydrogens is 250 g/mol. The standard InChI is InChI=1S/C16H35N3O/c1-2-3-4-5-6-8-17-9-11-19-14-12-18(13-15-19)10-7-16-20/h17,20H,2-16H2,1H3. The smallest absolute Gasteiger partial charge is 0.0443 e. The Morgan fingerprint density at radius 2 is 1.45 bits per heavy atom. The third-order valence-electron chi connectivity index (χ3n) is 4.16. The molecule has 120 valence electrons. The van der Waals surface area contributed by atoms with Crippen molar-refractivity contribution in [3.63, 3.8) is 0 Å². The molecule has 0 bridgehead atoms. The van der Waals surface area contributed by atoms with Gasteiger partial charge in [0, 0.05) is 52.4 Å². The van der Waals surface area contributed by atoms with Crippen LogP contribution in [0.25, 0.3) is 0 Å². The maximum atomic E-state index is 8.84. The minimum Gasteiger partial charge on any atom is -0.396 e. The molecule has 4 nitrogen and oxygen atoms in total. The van der Waals surface area contributed by atoms with Gasteiger partial charge in [0.2, 0.25) is 0 Å². The highest BCUT2D eigenvalue weighted by atomic mass is 16.3. The zero-order chi connectivity index (χ0) is 14.5. The van der Waals surface area contributed by atoms with E-state index in [0.29, 0.717) is 6.61 Å². The number of rotatable bonds is 12. The van der Waals surface area contributed by atoms with Gasteiger partial charge in [-0.15, -0.1) is 0 Å². The number of hydrogen-bond donors (Lipinski definition) is 2. The van der Waals surface area contributed by atoms with Crippen LogP contribution in [0.3, 0.4) is 0 Å². The Morgan fingerprint density at radius 1 is 0.800 bits per heavy atom. The summed E-state index contributed by atoms with van der Waals surface area (Å²) in [4.78, 5) is 5.02. The summed E-state index contributed by atoms with van der Waals surface area (Å²) >= 11 is 0. The van der Waals surface area contributed by atoms with Crippen molar-refractivity contribution in [2.24, 2.45) is 0 Å². The molecule has 0 unspecified atom stereocenters. The third-order valence-corrected chi connectivity index (χ3v) is 4.16. The van der Waals surface area contributed by atoms with Crippen LogP contribution in [0.5, 0.6) is 0 Å². The molecule has 1 aliphatic heterocycles. The van der Waals surface area contributed by atoms with E-state index in [0.717, 1.165) is 32.6 Å². The number of aliphatic hydroxyl groups excluding tert-OH is 1. The van der Waals surface area contributed by atoms with Crippen LogP contribution >= 0.6 is 0 Å². The number of nitrogens with one attached hydrogen (secondary N) is 1. The van der Waals surface area contributed by atoms with Gasteiger partial charge in [0.15, 0.2) is 0 Å². The molecule has 0 aromatic carbocycles. The van der Waals surface area contributed by atoms with Crippen molar-refractivity contribution in [1.82, 2.24) is 15.1 Å². The van der Waals surface area contributed by atoms with E-state index < -0.39 is 0 Å². The number of unbranched alkanes of at least 4 members (excludes halogenated alkanes) is 4. The summed E-state index contributed by atoms with van der Waals surface area (Å²) in [5.74, 6) is 0. The second-order valence-electron chi connectivity index (χ2n) is 5.92. The maximum Gasteiger partial charge on any atom is 0.0443 e. The monoisotopic (exact) mass is 285 g/mol. The molecule has 0 aliphatic carbocycles. The highest BCUT2D eigenvalue weighted by Gasteiger charge is 2.15. The molecule has 0 saturated carbocycles. The van der Waals surface area contributed by atoms with Crippen LogP contribution in [0.4, 0.5) is 0 Å². The predicted molar refractivity (Wildman–Crippen MR) is 86.2 cm³/mol. The lowest BCUT2D eigenvalue weighted by atomic mass is 10.1. The van der Waals surface area contributed by atoms with Gasteiger partial charge >= 0.3 is 0 Å². The Bertz CT molecular complexity index is 206. The number of nitrogens with zero attached hydrogens (tertiary/aromatic N) is 2. The summed E-state index contributed by atoms with van der Waals surface area (Å²) in [5.41, 5.74) is 0. The molecule has 1 fully saturated rings. The molecule has 1 saturated heterocycles. The van der Waals surface area contributed by atoms with Gasteiger partial charge in [0.05, 0.1) is 0 Å². The van der Waals surface area contributed by atoms with Crippen LogP contribution in [-0.2, 0) is 0 Å². The molecule has 1 aliphatic rings. The Morgan fingerprint density at radius 3 is 2.10 bits per heavy atom. The minimum atomic E-state index is 0.322. The highest BCUT2D eigenvalue weighted by Crippen LogP contribution is 2.02. The lowest BCUT2D eigenvalue weighted by molar-refractivity contribution is 0.125. The first-order valence-corrected chi connectivity index (χ1v) is 8.63. The van der Waals surface area contributed by atoms with Crippen LogP contribution < -0.4 is 5.32 Å².